The SMILES string of the molecule is Cl.N[C@@H](CO)c1cccc(Br)c1F. The van der Waals surface area contributed by atoms with E-state index in [1.54, 1.807) is 18.2 Å². The van der Waals surface area contributed by atoms with Gasteiger partial charge in [0.05, 0.1) is 17.1 Å². The maximum atomic E-state index is 13.2. The average Bonchev–Trinajstić information content (AvgIpc) is 2.08. The highest BCUT2D eigenvalue weighted by Gasteiger charge is 2.11. The molecule has 5 heteroatoms. The molecule has 3 N–H and O–H groups in total. The Morgan fingerprint density at radius 2 is 2.15 bits per heavy atom. The van der Waals surface area contributed by atoms with Crippen molar-refractivity contribution in [1.29, 1.82) is 0 Å². The standard InChI is InChI=1S/C8H9BrFNO.ClH/c9-6-3-1-2-5(8(6)10)7(11)4-12;/h1-3,7,12H,4,11H2;1H/t7-;/m0./s1. The first-order valence-corrected chi connectivity index (χ1v) is 4.26. The predicted molar refractivity (Wildman–Crippen MR) is 55.4 cm³/mol. The zero-order chi connectivity index (χ0) is 9.14. The molecule has 0 amide bonds. The molecule has 0 saturated heterocycles. The number of hydrogen-bond donors (Lipinski definition) is 2. The minimum absolute atomic E-state index is 0. The summed E-state index contributed by atoms with van der Waals surface area (Å²) in [6.45, 7) is -0.257. The lowest BCUT2D eigenvalue weighted by molar-refractivity contribution is 0.265. The van der Waals surface area contributed by atoms with Crippen molar-refractivity contribution in [3.8, 4) is 0 Å². The molecule has 1 rings (SSSR count). The van der Waals surface area contributed by atoms with Gasteiger partial charge >= 0.3 is 0 Å². The Kier molecular flexibility index (Phi) is 5.48. The van der Waals surface area contributed by atoms with Crippen molar-refractivity contribution in [3.63, 3.8) is 0 Å². The second-order valence-electron chi connectivity index (χ2n) is 2.43. The van der Waals surface area contributed by atoms with Gasteiger partial charge in [-0.1, -0.05) is 12.1 Å². The average molecular weight is 271 g/mol. The Hall–Kier alpha value is -0.160. The number of aliphatic hydroxyl groups excluding tert-OH is 1. The van der Waals surface area contributed by atoms with Crippen molar-refractivity contribution in [3.05, 3.63) is 34.1 Å². The fraction of sp³-hybridized carbons (Fsp3) is 0.250. The molecule has 0 saturated carbocycles. The fourth-order valence-electron chi connectivity index (χ4n) is 0.905. The maximum absolute atomic E-state index is 13.2. The van der Waals surface area contributed by atoms with Crippen molar-refractivity contribution in [2.45, 2.75) is 6.04 Å². The van der Waals surface area contributed by atoms with Gasteiger partial charge in [0.25, 0.3) is 0 Å². The van der Waals surface area contributed by atoms with E-state index in [9.17, 15) is 4.39 Å². The van der Waals surface area contributed by atoms with Gasteiger partial charge in [-0.2, -0.15) is 0 Å². The van der Waals surface area contributed by atoms with Gasteiger partial charge in [0.2, 0.25) is 0 Å². The molecule has 0 fully saturated rings. The molecule has 0 aliphatic carbocycles. The Morgan fingerprint density at radius 1 is 1.54 bits per heavy atom. The highest BCUT2D eigenvalue weighted by atomic mass is 79.9. The lowest BCUT2D eigenvalue weighted by Gasteiger charge is -2.09. The van der Waals surface area contributed by atoms with Crippen LogP contribution in [0.1, 0.15) is 11.6 Å². The van der Waals surface area contributed by atoms with Crippen molar-refractivity contribution in [2.75, 3.05) is 6.61 Å². The van der Waals surface area contributed by atoms with E-state index in [-0.39, 0.29) is 19.0 Å². The lowest BCUT2D eigenvalue weighted by atomic mass is 10.1. The van der Waals surface area contributed by atoms with Crippen LogP contribution in [0.25, 0.3) is 0 Å². The van der Waals surface area contributed by atoms with Crippen molar-refractivity contribution in [1.82, 2.24) is 0 Å². The summed E-state index contributed by atoms with van der Waals surface area (Å²) in [5, 5.41) is 8.70. The van der Waals surface area contributed by atoms with E-state index in [2.05, 4.69) is 15.9 Å². The number of aliphatic hydroxyl groups is 1. The first-order chi connectivity index (χ1) is 5.66. The molecule has 13 heavy (non-hydrogen) atoms. The summed E-state index contributed by atoms with van der Waals surface area (Å²) in [5.41, 5.74) is 5.78. The molecule has 2 nitrogen and oxygen atoms in total. The molecule has 1 aromatic rings. The number of benzene rings is 1. The predicted octanol–water partition coefficient (Wildman–Crippen LogP) is 2.00. The van der Waals surface area contributed by atoms with Crippen LogP contribution in [0, 0.1) is 5.82 Å². The molecule has 1 atom stereocenters. The third-order valence-corrected chi connectivity index (χ3v) is 2.19. The van der Waals surface area contributed by atoms with Crippen molar-refractivity contribution in [2.24, 2.45) is 5.73 Å². The summed E-state index contributed by atoms with van der Waals surface area (Å²) in [5.74, 6) is -0.404. The van der Waals surface area contributed by atoms with Crippen LogP contribution in [0.15, 0.2) is 22.7 Å². The summed E-state index contributed by atoms with van der Waals surface area (Å²) in [7, 11) is 0. The molecule has 0 spiro atoms. The number of hydrogen-bond acceptors (Lipinski definition) is 2. The smallest absolute Gasteiger partial charge is 0.142 e. The Bertz CT molecular complexity index is 285. The first kappa shape index (κ1) is 12.8. The Balaban J connectivity index is 0.00000144. The minimum Gasteiger partial charge on any atom is -0.394 e. The summed E-state index contributed by atoms with van der Waals surface area (Å²) in [4.78, 5) is 0. The van der Waals surface area contributed by atoms with Crippen LogP contribution in [-0.2, 0) is 0 Å². The molecule has 74 valence electrons. The molecule has 0 aromatic heterocycles. The summed E-state index contributed by atoms with van der Waals surface area (Å²) < 4.78 is 13.6. The van der Waals surface area contributed by atoms with Gasteiger partial charge in [-0.05, 0) is 22.0 Å². The second-order valence-corrected chi connectivity index (χ2v) is 3.29. The summed E-state index contributed by atoms with van der Waals surface area (Å²) in [6, 6.07) is 4.17. The van der Waals surface area contributed by atoms with Gasteiger partial charge in [0.1, 0.15) is 5.82 Å². The van der Waals surface area contributed by atoms with E-state index in [0.29, 0.717) is 10.0 Å². The molecule has 0 heterocycles. The van der Waals surface area contributed by atoms with Gasteiger partial charge < -0.3 is 10.8 Å². The normalized spacial score (nSPS) is 12.0. The van der Waals surface area contributed by atoms with E-state index in [0.717, 1.165) is 0 Å². The molecule has 0 unspecified atom stereocenters. The molecular formula is C8H10BrClFNO. The Labute approximate surface area is 90.5 Å². The van der Waals surface area contributed by atoms with Crippen LogP contribution in [-0.4, -0.2) is 11.7 Å². The highest BCUT2D eigenvalue weighted by Crippen LogP contribution is 2.22. The largest absolute Gasteiger partial charge is 0.394 e. The zero-order valence-electron chi connectivity index (χ0n) is 6.71. The second kappa shape index (κ2) is 5.54. The van der Waals surface area contributed by atoms with Crippen molar-refractivity contribution < 1.29 is 9.50 Å². The van der Waals surface area contributed by atoms with E-state index < -0.39 is 11.9 Å². The third-order valence-electron chi connectivity index (χ3n) is 1.58. The third kappa shape index (κ3) is 2.91. The number of halogens is 3. The van der Waals surface area contributed by atoms with Gasteiger partial charge in [0.15, 0.2) is 0 Å². The van der Waals surface area contributed by atoms with Crippen molar-refractivity contribution >= 4 is 28.3 Å². The minimum atomic E-state index is -0.650. The van der Waals surface area contributed by atoms with E-state index in [1.165, 1.54) is 0 Å². The van der Waals surface area contributed by atoms with Gasteiger partial charge in [0, 0.05) is 5.56 Å². The molecule has 0 radical (unpaired) electrons. The first-order valence-electron chi connectivity index (χ1n) is 3.47. The van der Waals surface area contributed by atoms with Gasteiger partial charge in [-0.15, -0.1) is 12.4 Å². The Morgan fingerprint density at radius 3 is 2.69 bits per heavy atom. The van der Waals surface area contributed by atoms with E-state index >= 15 is 0 Å². The van der Waals surface area contributed by atoms with Crippen LogP contribution in [0.2, 0.25) is 0 Å². The van der Waals surface area contributed by atoms with Crippen LogP contribution >= 0.6 is 28.3 Å². The lowest BCUT2D eigenvalue weighted by Crippen LogP contribution is -2.16. The number of nitrogens with two attached hydrogens (primary N) is 1. The summed E-state index contributed by atoms with van der Waals surface area (Å²) in [6.07, 6.45) is 0. The highest BCUT2D eigenvalue weighted by molar-refractivity contribution is 9.10. The molecule has 0 bridgehead atoms. The zero-order valence-corrected chi connectivity index (χ0v) is 9.11. The van der Waals surface area contributed by atoms with Gasteiger partial charge in [-0.3, -0.25) is 0 Å². The molecule has 0 aliphatic heterocycles. The number of rotatable bonds is 2. The molecular weight excluding hydrogens is 260 g/mol. The topological polar surface area (TPSA) is 46.2 Å². The van der Waals surface area contributed by atoms with Crippen LogP contribution in [0.5, 0.6) is 0 Å². The monoisotopic (exact) mass is 269 g/mol. The maximum Gasteiger partial charge on any atom is 0.142 e. The van der Waals surface area contributed by atoms with E-state index in [1.807, 2.05) is 0 Å². The fourth-order valence-corrected chi connectivity index (χ4v) is 1.29. The molecule has 0 aliphatic rings. The van der Waals surface area contributed by atoms with Crippen LogP contribution in [0.3, 0.4) is 0 Å². The van der Waals surface area contributed by atoms with Crippen LogP contribution < -0.4 is 5.73 Å². The molecule has 1 aromatic carbocycles. The van der Waals surface area contributed by atoms with Crippen LogP contribution in [0.4, 0.5) is 4.39 Å². The van der Waals surface area contributed by atoms with E-state index in [4.69, 9.17) is 10.8 Å². The quantitative estimate of drug-likeness (QED) is 0.863. The summed E-state index contributed by atoms with van der Waals surface area (Å²) >= 11 is 3.03. The van der Waals surface area contributed by atoms with Gasteiger partial charge in [-0.25, -0.2) is 4.39 Å².